The molecule has 0 aromatic carbocycles. The summed E-state index contributed by atoms with van der Waals surface area (Å²) in [5.41, 5.74) is -3.37. The van der Waals surface area contributed by atoms with Crippen molar-refractivity contribution in [3.63, 3.8) is 0 Å². The number of ketones is 3. The van der Waals surface area contributed by atoms with Crippen molar-refractivity contribution in [1.29, 1.82) is 0 Å². The molecule has 0 aromatic heterocycles. The molecule has 7 N–H and O–H groups in total. The highest BCUT2D eigenvalue weighted by Crippen LogP contribution is 2.38. The molecule has 0 fully saturated rings. The van der Waals surface area contributed by atoms with Crippen LogP contribution in [-0.4, -0.2) is 97.2 Å². The highest BCUT2D eigenvalue weighted by atomic mass is 16.4. The lowest BCUT2D eigenvalue weighted by molar-refractivity contribution is -0.176. The number of carboxylic acids is 1. The molecule has 0 saturated carbocycles. The largest absolute Gasteiger partial charge is 0.480 e. The van der Waals surface area contributed by atoms with Gasteiger partial charge in [-0.25, -0.2) is 0 Å². The number of hydrogen-bond acceptors (Lipinski definition) is 10. The lowest BCUT2D eigenvalue weighted by Gasteiger charge is -2.36. The molecule has 4 atom stereocenters. The first-order valence-electron chi connectivity index (χ1n) is 9.80. The van der Waals surface area contributed by atoms with Crippen molar-refractivity contribution in [2.75, 3.05) is 19.8 Å². The van der Waals surface area contributed by atoms with Crippen molar-refractivity contribution in [3.8, 4) is 0 Å². The second-order valence-corrected chi connectivity index (χ2v) is 7.09. The number of Topliss-reactive ketones (excluding diaryl/α,β-unsaturated/α-hetero) is 3. The molecule has 0 rings (SSSR count). The van der Waals surface area contributed by atoms with E-state index in [1.165, 1.54) is 0 Å². The molecular formula is C19H32O11. The van der Waals surface area contributed by atoms with E-state index in [-0.39, 0.29) is 12.8 Å². The molecule has 0 saturated heterocycles. The van der Waals surface area contributed by atoms with Gasteiger partial charge in [-0.2, -0.15) is 0 Å². The van der Waals surface area contributed by atoms with Gasteiger partial charge in [0.25, 0.3) is 0 Å². The summed E-state index contributed by atoms with van der Waals surface area (Å²) in [6.07, 6.45) is -4.18. The van der Waals surface area contributed by atoms with Gasteiger partial charge in [0, 0.05) is 0 Å². The van der Waals surface area contributed by atoms with Crippen LogP contribution in [0.2, 0.25) is 0 Å². The minimum absolute atomic E-state index is 0.161. The molecule has 0 amide bonds. The summed E-state index contributed by atoms with van der Waals surface area (Å²) in [6.45, 7) is -1.70. The minimum Gasteiger partial charge on any atom is -0.480 e. The highest BCUT2D eigenvalue weighted by molar-refractivity contribution is 6.26. The van der Waals surface area contributed by atoms with Crippen LogP contribution in [0.15, 0.2) is 0 Å². The maximum absolute atomic E-state index is 12.8. The fourth-order valence-corrected chi connectivity index (χ4v) is 3.36. The van der Waals surface area contributed by atoms with Gasteiger partial charge in [0.2, 0.25) is 0 Å². The predicted octanol–water partition coefficient (Wildman–Crippen LogP) is -2.20. The number of carboxylic acid groups (broad SMARTS) is 1. The molecule has 11 nitrogen and oxygen atoms in total. The zero-order chi connectivity index (χ0) is 23.5. The Bertz CT molecular complexity index is 567. The zero-order valence-corrected chi connectivity index (χ0v) is 16.9. The summed E-state index contributed by atoms with van der Waals surface area (Å²) in [4.78, 5) is 50.5. The average Bonchev–Trinajstić information content (AvgIpc) is 2.74. The highest BCUT2D eigenvalue weighted by Gasteiger charge is 2.63. The number of rotatable bonds is 17. The molecule has 0 radical (unpaired) electrons. The van der Waals surface area contributed by atoms with Crippen LogP contribution in [0.4, 0.5) is 0 Å². The van der Waals surface area contributed by atoms with Gasteiger partial charge >= 0.3 is 5.97 Å². The summed E-state index contributed by atoms with van der Waals surface area (Å²) < 4.78 is 0. The topological polar surface area (TPSA) is 210 Å². The van der Waals surface area contributed by atoms with E-state index < -0.39 is 72.8 Å². The van der Waals surface area contributed by atoms with Crippen LogP contribution in [-0.2, 0) is 19.2 Å². The standard InChI is InChI=1S/C19H32O11/c1-2-3-4-5-6-7-11(15(26)12(23)8-20)19(18(29)30,16(27)13(24)9-21)17(28)14(25)10-22/h11-14,20-25H,2-10H2,1H3,(H,29,30). The van der Waals surface area contributed by atoms with E-state index in [1.54, 1.807) is 0 Å². The van der Waals surface area contributed by atoms with E-state index in [4.69, 9.17) is 15.3 Å². The maximum atomic E-state index is 12.8. The van der Waals surface area contributed by atoms with Crippen LogP contribution in [0, 0.1) is 11.3 Å². The van der Waals surface area contributed by atoms with Gasteiger partial charge < -0.3 is 35.7 Å². The quantitative estimate of drug-likeness (QED) is 0.0960. The Labute approximate surface area is 174 Å². The molecule has 0 bridgehead atoms. The Hall–Kier alpha value is -1.76. The van der Waals surface area contributed by atoms with Crippen molar-refractivity contribution in [2.24, 2.45) is 11.3 Å². The molecule has 4 unspecified atom stereocenters. The van der Waals surface area contributed by atoms with Gasteiger partial charge in [-0.1, -0.05) is 39.0 Å². The molecule has 0 heterocycles. The Morgan fingerprint density at radius 3 is 1.53 bits per heavy atom. The van der Waals surface area contributed by atoms with Gasteiger partial charge in [0.05, 0.1) is 25.7 Å². The van der Waals surface area contributed by atoms with Gasteiger partial charge in [0.1, 0.15) is 18.3 Å². The number of unbranched alkanes of at least 4 members (excludes halogenated alkanes) is 4. The smallest absolute Gasteiger partial charge is 0.325 e. The van der Waals surface area contributed by atoms with Gasteiger partial charge in [-0.05, 0) is 6.42 Å². The fourth-order valence-electron chi connectivity index (χ4n) is 3.36. The second kappa shape index (κ2) is 13.5. The fraction of sp³-hybridized carbons (Fsp3) is 0.789. The van der Waals surface area contributed by atoms with Crippen molar-refractivity contribution >= 4 is 23.3 Å². The van der Waals surface area contributed by atoms with Crippen LogP contribution in [0.3, 0.4) is 0 Å². The molecule has 0 aliphatic rings. The van der Waals surface area contributed by atoms with Crippen LogP contribution < -0.4 is 0 Å². The molecule has 0 aliphatic carbocycles. The molecule has 0 aliphatic heterocycles. The Kier molecular flexibility index (Phi) is 12.7. The number of carbonyl (C=O) groups excluding carboxylic acids is 3. The lowest BCUT2D eigenvalue weighted by atomic mass is 9.62. The van der Waals surface area contributed by atoms with Crippen LogP contribution >= 0.6 is 0 Å². The van der Waals surface area contributed by atoms with Crippen molar-refractivity contribution < 1.29 is 54.9 Å². The van der Waals surface area contributed by atoms with E-state index in [0.717, 1.165) is 12.8 Å². The molecule has 174 valence electrons. The van der Waals surface area contributed by atoms with Crippen molar-refractivity contribution in [2.45, 2.75) is 63.8 Å². The average molecular weight is 436 g/mol. The molecule has 30 heavy (non-hydrogen) atoms. The first-order valence-corrected chi connectivity index (χ1v) is 9.80. The Morgan fingerprint density at radius 1 is 0.733 bits per heavy atom. The van der Waals surface area contributed by atoms with E-state index in [9.17, 15) is 39.6 Å². The first kappa shape index (κ1) is 28.2. The van der Waals surface area contributed by atoms with Crippen LogP contribution in [0.1, 0.15) is 45.4 Å². The molecule has 0 spiro atoms. The predicted molar refractivity (Wildman–Crippen MR) is 101 cm³/mol. The van der Waals surface area contributed by atoms with E-state index in [2.05, 4.69) is 0 Å². The first-order chi connectivity index (χ1) is 14.1. The van der Waals surface area contributed by atoms with Gasteiger partial charge in [-0.3, -0.25) is 19.2 Å². The van der Waals surface area contributed by atoms with Crippen LogP contribution in [0.25, 0.3) is 0 Å². The summed E-state index contributed by atoms with van der Waals surface area (Å²) in [6, 6.07) is 0. The second-order valence-electron chi connectivity index (χ2n) is 7.09. The van der Waals surface area contributed by atoms with Crippen LogP contribution in [0.5, 0.6) is 0 Å². The van der Waals surface area contributed by atoms with E-state index in [0.29, 0.717) is 12.8 Å². The monoisotopic (exact) mass is 436 g/mol. The van der Waals surface area contributed by atoms with Gasteiger partial charge in [0.15, 0.2) is 22.8 Å². The third-order valence-electron chi connectivity index (χ3n) is 5.03. The SMILES string of the molecule is CCCCCCCC(C(=O)C(O)CO)C(C(=O)O)(C(=O)C(O)CO)C(=O)C(O)CO. The number of aliphatic hydroxyl groups is 6. The number of carbonyl (C=O) groups is 4. The summed E-state index contributed by atoms with van der Waals surface area (Å²) in [5, 5.41) is 66.6. The molecule has 0 aromatic rings. The number of hydrogen-bond donors (Lipinski definition) is 7. The minimum atomic E-state index is -3.37. The van der Waals surface area contributed by atoms with E-state index >= 15 is 0 Å². The summed E-state index contributed by atoms with van der Waals surface area (Å²) in [5.74, 6) is -9.10. The third kappa shape index (κ3) is 6.37. The van der Waals surface area contributed by atoms with Crippen molar-refractivity contribution in [3.05, 3.63) is 0 Å². The van der Waals surface area contributed by atoms with Crippen molar-refractivity contribution in [1.82, 2.24) is 0 Å². The molecule has 11 heteroatoms. The maximum Gasteiger partial charge on any atom is 0.325 e. The zero-order valence-electron chi connectivity index (χ0n) is 16.9. The third-order valence-corrected chi connectivity index (χ3v) is 5.03. The number of aliphatic hydroxyl groups excluding tert-OH is 6. The van der Waals surface area contributed by atoms with Gasteiger partial charge in [-0.15, -0.1) is 0 Å². The molecular weight excluding hydrogens is 404 g/mol. The summed E-state index contributed by atoms with van der Waals surface area (Å²) in [7, 11) is 0. The Morgan fingerprint density at radius 2 is 1.17 bits per heavy atom. The summed E-state index contributed by atoms with van der Waals surface area (Å²) >= 11 is 0. The Balaban J connectivity index is 6.52. The lowest BCUT2D eigenvalue weighted by Crippen LogP contribution is -2.62. The number of aliphatic carboxylic acids is 1. The van der Waals surface area contributed by atoms with E-state index in [1.807, 2.05) is 6.92 Å². The normalized spacial score (nSPS) is 17.4.